The number of hydrogen-bond acceptors (Lipinski definition) is 4. The van der Waals surface area contributed by atoms with Gasteiger partial charge in [0.2, 0.25) is 0 Å². The van der Waals surface area contributed by atoms with Crippen LogP contribution in [0.5, 0.6) is 5.75 Å². The molecule has 9 heteroatoms. The number of hydrogen-bond donors (Lipinski definition) is 2. The van der Waals surface area contributed by atoms with Crippen molar-refractivity contribution in [3.8, 4) is 5.75 Å². The van der Waals surface area contributed by atoms with E-state index < -0.39 is 35.8 Å². The van der Waals surface area contributed by atoms with E-state index in [-0.39, 0.29) is 5.56 Å². The SMILES string of the molecule is NNc1nccc(OCC(F)(F)c2ccccc2)c1C(F)(F)F. The van der Waals surface area contributed by atoms with Crippen LogP contribution in [0.1, 0.15) is 11.1 Å². The van der Waals surface area contributed by atoms with Gasteiger partial charge >= 0.3 is 12.1 Å². The summed E-state index contributed by atoms with van der Waals surface area (Å²) < 4.78 is 71.8. The summed E-state index contributed by atoms with van der Waals surface area (Å²) in [6.07, 6.45) is -3.90. The van der Waals surface area contributed by atoms with Gasteiger partial charge in [-0.2, -0.15) is 22.0 Å². The van der Waals surface area contributed by atoms with Gasteiger partial charge in [0.15, 0.2) is 12.4 Å². The molecule has 0 fully saturated rings. The minimum Gasteiger partial charge on any atom is -0.486 e. The van der Waals surface area contributed by atoms with Crippen LogP contribution in [0.15, 0.2) is 42.6 Å². The topological polar surface area (TPSA) is 60.2 Å². The molecule has 1 heterocycles. The Balaban J connectivity index is 2.27. The summed E-state index contributed by atoms with van der Waals surface area (Å²) in [6.45, 7) is -1.26. The molecule has 0 aliphatic carbocycles. The van der Waals surface area contributed by atoms with Crippen LogP contribution in [0.4, 0.5) is 27.8 Å². The number of ether oxygens (including phenoxy) is 1. The lowest BCUT2D eigenvalue weighted by atomic mass is 10.1. The Bertz CT molecular complexity index is 661. The summed E-state index contributed by atoms with van der Waals surface area (Å²) in [5.74, 6) is 0.0268. The van der Waals surface area contributed by atoms with Crippen LogP contribution in [0.3, 0.4) is 0 Å². The molecule has 0 unspecified atom stereocenters. The number of pyridine rings is 1. The maximum Gasteiger partial charge on any atom is 0.423 e. The third-order valence-corrected chi connectivity index (χ3v) is 2.94. The molecule has 0 amide bonds. The van der Waals surface area contributed by atoms with Crippen LogP contribution in [0, 0.1) is 0 Å². The van der Waals surface area contributed by atoms with Gasteiger partial charge in [0.25, 0.3) is 0 Å². The highest BCUT2D eigenvalue weighted by Gasteiger charge is 2.40. The van der Waals surface area contributed by atoms with E-state index >= 15 is 0 Å². The van der Waals surface area contributed by atoms with E-state index in [0.29, 0.717) is 0 Å². The molecule has 0 bridgehead atoms. The van der Waals surface area contributed by atoms with E-state index in [0.717, 1.165) is 24.4 Å². The number of halogens is 5. The fraction of sp³-hybridized carbons (Fsp3) is 0.214. The maximum atomic E-state index is 14.0. The molecule has 0 atom stereocenters. The predicted molar refractivity (Wildman–Crippen MR) is 72.9 cm³/mol. The summed E-state index contributed by atoms with van der Waals surface area (Å²) in [7, 11) is 0. The molecule has 0 spiro atoms. The second-order valence-electron chi connectivity index (χ2n) is 4.53. The fourth-order valence-electron chi connectivity index (χ4n) is 1.88. The van der Waals surface area contributed by atoms with Gasteiger partial charge in [-0.25, -0.2) is 10.8 Å². The van der Waals surface area contributed by atoms with Crippen molar-refractivity contribution < 1.29 is 26.7 Å². The minimum atomic E-state index is -4.87. The molecule has 0 saturated carbocycles. The van der Waals surface area contributed by atoms with Crippen molar-refractivity contribution in [2.75, 3.05) is 12.0 Å². The van der Waals surface area contributed by atoms with Crippen LogP contribution in [-0.2, 0) is 12.1 Å². The average Bonchev–Trinajstić information content (AvgIpc) is 2.52. The van der Waals surface area contributed by atoms with Gasteiger partial charge in [0.1, 0.15) is 11.3 Å². The second-order valence-corrected chi connectivity index (χ2v) is 4.53. The van der Waals surface area contributed by atoms with Crippen molar-refractivity contribution in [1.82, 2.24) is 4.98 Å². The van der Waals surface area contributed by atoms with Gasteiger partial charge in [-0.05, 0) is 6.07 Å². The molecule has 23 heavy (non-hydrogen) atoms. The van der Waals surface area contributed by atoms with E-state index in [4.69, 9.17) is 10.6 Å². The third kappa shape index (κ3) is 3.86. The Morgan fingerprint density at radius 2 is 1.70 bits per heavy atom. The Labute approximate surface area is 128 Å². The lowest BCUT2D eigenvalue weighted by Crippen LogP contribution is -2.25. The first kappa shape index (κ1) is 16.9. The number of nitrogens with zero attached hydrogens (tertiary/aromatic N) is 1. The van der Waals surface area contributed by atoms with Gasteiger partial charge in [0, 0.05) is 11.8 Å². The Kier molecular flexibility index (Phi) is 4.69. The van der Waals surface area contributed by atoms with Crippen molar-refractivity contribution in [2.24, 2.45) is 5.84 Å². The largest absolute Gasteiger partial charge is 0.486 e. The Morgan fingerprint density at radius 1 is 1.04 bits per heavy atom. The zero-order valence-corrected chi connectivity index (χ0v) is 11.6. The smallest absolute Gasteiger partial charge is 0.423 e. The minimum absolute atomic E-state index is 0.361. The number of aromatic nitrogens is 1. The van der Waals surface area contributed by atoms with Crippen LogP contribution in [-0.4, -0.2) is 11.6 Å². The predicted octanol–water partition coefficient (Wildman–Crippen LogP) is 3.56. The monoisotopic (exact) mass is 333 g/mol. The zero-order chi connectivity index (χ0) is 17.1. The number of anilines is 1. The lowest BCUT2D eigenvalue weighted by Gasteiger charge is -2.20. The summed E-state index contributed by atoms with van der Waals surface area (Å²) in [5.41, 5.74) is 0.0701. The van der Waals surface area contributed by atoms with Crippen LogP contribution < -0.4 is 16.0 Å². The van der Waals surface area contributed by atoms with E-state index in [2.05, 4.69) is 4.98 Å². The van der Waals surface area contributed by atoms with Gasteiger partial charge < -0.3 is 10.2 Å². The lowest BCUT2D eigenvalue weighted by molar-refractivity contribution is -0.139. The van der Waals surface area contributed by atoms with Gasteiger partial charge in [-0.1, -0.05) is 30.3 Å². The summed E-state index contributed by atoms with van der Waals surface area (Å²) in [6, 6.07) is 7.51. The highest BCUT2D eigenvalue weighted by molar-refractivity contribution is 5.52. The number of rotatable bonds is 5. The molecule has 0 saturated heterocycles. The summed E-state index contributed by atoms with van der Waals surface area (Å²) in [4.78, 5) is 3.40. The van der Waals surface area contributed by atoms with Crippen molar-refractivity contribution in [3.63, 3.8) is 0 Å². The molecule has 4 nitrogen and oxygen atoms in total. The first-order valence-corrected chi connectivity index (χ1v) is 6.34. The number of alkyl halides is 5. The molecule has 1 aromatic heterocycles. The highest BCUT2D eigenvalue weighted by atomic mass is 19.4. The van der Waals surface area contributed by atoms with Crippen LogP contribution in [0.2, 0.25) is 0 Å². The third-order valence-electron chi connectivity index (χ3n) is 2.94. The Morgan fingerprint density at radius 3 is 2.26 bits per heavy atom. The fourth-order valence-corrected chi connectivity index (χ4v) is 1.88. The second kappa shape index (κ2) is 6.37. The molecule has 0 aliphatic rings. The highest BCUT2D eigenvalue weighted by Crippen LogP contribution is 2.40. The van der Waals surface area contributed by atoms with Crippen LogP contribution in [0.25, 0.3) is 0 Å². The van der Waals surface area contributed by atoms with Crippen molar-refractivity contribution >= 4 is 5.82 Å². The van der Waals surface area contributed by atoms with Crippen molar-refractivity contribution in [2.45, 2.75) is 12.1 Å². The van der Waals surface area contributed by atoms with Crippen molar-refractivity contribution in [1.29, 1.82) is 0 Å². The molecule has 124 valence electrons. The molecular weight excluding hydrogens is 321 g/mol. The number of nitrogens with two attached hydrogens (primary N) is 1. The van der Waals surface area contributed by atoms with E-state index in [1.165, 1.54) is 12.1 Å². The summed E-state index contributed by atoms with van der Waals surface area (Å²) >= 11 is 0. The van der Waals surface area contributed by atoms with Crippen molar-refractivity contribution in [3.05, 3.63) is 53.7 Å². The van der Waals surface area contributed by atoms with Crippen LogP contribution >= 0.6 is 0 Å². The number of nitrogens with one attached hydrogen (secondary N) is 1. The number of nitrogen functional groups attached to an aromatic ring is 1. The number of benzene rings is 1. The average molecular weight is 333 g/mol. The normalized spacial score (nSPS) is 12.1. The molecule has 0 radical (unpaired) electrons. The summed E-state index contributed by atoms with van der Waals surface area (Å²) in [5, 5.41) is 0. The molecular formula is C14H12F5N3O. The standard InChI is InChI=1S/C14H12F5N3O/c15-13(16,9-4-2-1-3-5-9)8-23-10-6-7-21-12(22-20)11(10)14(17,18)19/h1-7H,8,20H2,(H,21,22). The molecule has 2 aromatic rings. The zero-order valence-electron chi connectivity index (χ0n) is 11.6. The van der Waals surface area contributed by atoms with Gasteiger partial charge in [-0.15, -0.1) is 0 Å². The van der Waals surface area contributed by atoms with Gasteiger partial charge in [-0.3, -0.25) is 0 Å². The maximum absolute atomic E-state index is 14.0. The first-order chi connectivity index (χ1) is 10.8. The molecule has 1 aromatic carbocycles. The number of hydrazine groups is 1. The van der Waals surface area contributed by atoms with E-state index in [1.54, 1.807) is 11.5 Å². The molecule has 0 aliphatic heterocycles. The molecule has 3 N–H and O–H groups in total. The quantitative estimate of drug-likeness (QED) is 0.499. The Hall–Kier alpha value is -2.42. The van der Waals surface area contributed by atoms with Gasteiger partial charge in [0.05, 0.1) is 0 Å². The van der Waals surface area contributed by atoms with E-state index in [9.17, 15) is 22.0 Å². The first-order valence-electron chi connectivity index (χ1n) is 6.34. The molecule has 2 rings (SSSR count). The van der Waals surface area contributed by atoms with E-state index in [1.807, 2.05) is 0 Å².